The normalized spacial score (nSPS) is 12.1. The number of esters is 1. The molecule has 0 saturated heterocycles. The summed E-state index contributed by atoms with van der Waals surface area (Å²) in [6, 6.07) is 16.2. The number of Topliss-reactive ketones (excluding diaryl/α,β-unsaturated/α-hetero) is 1. The van der Waals surface area contributed by atoms with E-state index in [0.29, 0.717) is 28.8 Å². The number of hydrogen-bond acceptors (Lipinski definition) is 6. The lowest BCUT2D eigenvalue weighted by Crippen LogP contribution is -2.24. The Labute approximate surface area is 243 Å². The lowest BCUT2D eigenvalue weighted by atomic mass is 9.87. The number of carbonyl (C=O) groups excluding carboxylic acids is 2. The van der Waals surface area contributed by atoms with E-state index in [1.54, 1.807) is 64.1 Å². The number of rotatable bonds is 10. The van der Waals surface area contributed by atoms with Gasteiger partial charge >= 0.3 is 5.97 Å². The van der Waals surface area contributed by atoms with E-state index in [-0.39, 0.29) is 48.6 Å². The van der Waals surface area contributed by atoms with E-state index in [2.05, 4.69) is 11.2 Å². The lowest BCUT2D eigenvalue weighted by Gasteiger charge is -2.21. The molecule has 42 heavy (non-hydrogen) atoms. The number of ether oxygens (including phenoxy) is 2. The van der Waals surface area contributed by atoms with Gasteiger partial charge in [-0.3, -0.25) is 9.59 Å². The Morgan fingerprint density at radius 3 is 2.33 bits per heavy atom. The summed E-state index contributed by atoms with van der Waals surface area (Å²) < 4.78 is 41.1. The number of carbonyl (C=O) groups is 2. The average molecular weight is 574 g/mol. The Bertz CT molecular complexity index is 1640. The highest BCUT2D eigenvalue weighted by molar-refractivity contribution is 6.04. The van der Waals surface area contributed by atoms with Gasteiger partial charge in [0.05, 0.1) is 34.0 Å². The summed E-state index contributed by atoms with van der Waals surface area (Å²) in [7, 11) is 0. The maximum atomic E-state index is 14.2. The van der Waals surface area contributed by atoms with Gasteiger partial charge in [0.25, 0.3) is 0 Å². The lowest BCUT2D eigenvalue weighted by molar-refractivity contribution is -0.155. The van der Waals surface area contributed by atoms with E-state index in [1.165, 1.54) is 10.6 Å². The number of nitrogens with zero attached hydrogens (tertiary/aromatic N) is 3. The molecule has 0 aliphatic heterocycles. The minimum Gasteiger partial charge on any atom is -0.473 e. The van der Waals surface area contributed by atoms with E-state index in [1.807, 2.05) is 6.92 Å². The van der Waals surface area contributed by atoms with Gasteiger partial charge in [-0.1, -0.05) is 18.2 Å². The molecule has 0 aliphatic carbocycles. The molecule has 0 saturated carbocycles. The summed E-state index contributed by atoms with van der Waals surface area (Å²) in [5, 5.41) is 13.7. The van der Waals surface area contributed by atoms with Gasteiger partial charge in [0, 0.05) is 18.9 Å². The molecule has 0 amide bonds. The van der Waals surface area contributed by atoms with Crippen LogP contribution in [0.25, 0.3) is 5.52 Å². The standard InChI is InChI=1S/C33H33F2N3O4/c1-20-15-28-32(21(2)37-38(28)30(16-20)41-19-25-26(34)7-6-8-27(25)35)29(39)17-24(13-14-31(40)42-33(3,4)5)23-11-9-22(18-36)10-12-23/h6-12,15-16,24H,13-14,17,19H2,1-5H3. The summed E-state index contributed by atoms with van der Waals surface area (Å²) in [6.07, 6.45) is 0.570. The Kier molecular flexibility index (Phi) is 9.05. The molecule has 4 rings (SSSR count). The van der Waals surface area contributed by atoms with Gasteiger partial charge in [-0.2, -0.15) is 10.4 Å². The first kappa shape index (κ1) is 30.4. The molecule has 1 unspecified atom stereocenters. The summed E-state index contributed by atoms with van der Waals surface area (Å²) in [5.74, 6) is -2.06. The quantitative estimate of drug-likeness (QED) is 0.148. The smallest absolute Gasteiger partial charge is 0.306 e. The highest BCUT2D eigenvalue weighted by atomic mass is 19.1. The van der Waals surface area contributed by atoms with Crippen LogP contribution in [0.3, 0.4) is 0 Å². The SMILES string of the molecule is Cc1cc(OCc2c(F)cccc2F)n2nc(C)c(C(=O)CC(CCC(=O)OC(C)(C)C)c3ccc(C#N)cc3)c2c1. The van der Waals surface area contributed by atoms with Crippen molar-refractivity contribution in [2.45, 2.75) is 72.0 Å². The highest BCUT2D eigenvalue weighted by Gasteiger charge is 2.25. The van der Waals surface area contributed by atoms with Crippen molar-refractivity contribution in [3.63, 3.8) is 0 Å². The minimum atomic E-state index is -0.716. The van der Waals surface area contributed by atoms with Crippen LogP contribution in [-0.2, 0) is 16.1 Å². The monoisotopic (exact) mass is 573 g/mol. The molecule has 0 fully saturated rings. The highest BCUT2D eigenvalue weighted by Crippen LogP contribution is 2.31. The predicted octanol–water partition coefficient (Wildman–Crippen LogP) is 7.16. The van der Waals surface area contributed by atoms with Crippen molar-refractivity contribution in [3.8, 4) is 11.9 Å². The minimum absolute atomic E-state index is 0.0848. The fourth-order valence-corrected chi connectivity index (χ4v) is 4.85. The molecule has 7 nitrogen and oxygen atoms in total. The largest absolute Gasteiger partial charge is 0.473 e. The zero-order valence-electron chi connectivity index (χ0n) is 24.3. The van der Waals surface area contributed by atoms with Crippen molar-refractivity contribution in [3.05, 3.63) is 99.7 Å². The van der Waals surface area contributed by atoms with E-state index in [0.717, 1.165) is 23.3 Å². The van der Waals surface area contributed by atoms with Crippen LogP contribution in [0.4, 0.5) is 8.78 Å². The van der Waals surface area contributed by atoms with Crippen LogP contribution in [0.1, 0.15) is 84.3 Å². The molecule has 2 aromatic heterocycles. The van der Waals surface area contributed by atoms with Crippen LogP contribution in [0.15, 0.2) is 54.6 Å². The zero-order chi connectivity index (χ0) is 30.6. The number of pyridine rings is 1. The molecular formula is C33H33F2N3O4. The molecule has 218 valence electrons. The van der Waals surface area contributed by atoms with Gasteiger partial charge in [-0.05, 0) is 88.4 Å². The number of hydrogen-bond donors (Lipinski definition) is 0. The topological polar surface area (TPSA) is 93.7 Å². The second-order valence-corrected chi connectivity index (χ2v) is 11.3. The van der Waals surface area contributed by atoms with Crippen molar-refractivity contribution in [2.24, 2.45) is 0 Å². The number of benzene rings is 2. The van der Waals surface area contributed by atoms with Crippen molar-refractivity contribution >= 4 is 17.3 Å². The third-order valence-electron chi connectivity index (χ3n) is 6.79. The van der Waals surface area contributed by atoms with Gasteiger partial charge in [-0.15, -0.1) is 0 Å². The van der Waals surface area contributed by atoms with Gasteiger partial charge in [-0.25, -0.2) is 13.3 Å². The van der Waals surface area contributed by atoms with Gasteiger partial charge in [0.15, 0.2) is 5.78 Å². The van der Waals surface area contributed by atoms with E-state index < -0.39 is 17.2 Å². The van der Waals surface area contributed by atoms with Crippen LogP contribution >= 0.6 is 0 Å². The second kappa shape index (κ2) is 12.5. The first-order valence-electron chi connectivity index (χ1n) is 13.7. The molecular weight excluding hydrogens is 540 g/mol. The predicted molar refractivity (Wildman–Crippen MR) is 153 cm³/mol. The number of fused-ring (bicyclic) bond motifs is 1. The summed E-state index contributed by atoms with van der Waals surface area (Å²) in [4.78, 5) is 26.3. The fraction of sp³-hybridized carbons (Fsp3) is 0.333. The molecule has 0 spiro atoms. The third kappa shape index (κ3) is 7.19. The number of ketones is 1. The first-order chi connectivity index (χ1) is 19.9. The number of aryl methyl sites for hydroxylation is 2. The number of halogens is 2. The molecule has 4 aromatic rings. The first-order valence-corrected chi connectivity index (χ1v) is 13.7. The molecule has 0 bridgehead atoms. The van der Waals surface area contributed by atoms with Crippen molar-refractivity contribution in [1.29, 1.82) is 5.26 Å². The molecule has 0 aliphatic rings. The number of nitriles is 1. The summed E-state index contributed by atoms with van der Waals surface area (Å²) >= 11 is 0. The molecule has 1 atom stereocenters. The van der Waals surface area contributed by atoms with Crippen LogP contribution in [0, 0.1) is 36.8 Å². The van der Waals surface area contributed by atoms with Crippen LogP contribution in [0.5, 0.6) is 5.88 Å². The Hall–Kier alpha value is -4.58. The van der Waals surface area contributed by atoms with Crippen molar-refractivity contribution in [1.82, 2.24) is 9.61 Å². The molecule has 0 N–H and O–H groups in total. The molecule has 2 heterocycles. The zero-order valence-corrected chi connectivity index (χ0v) is 24.3. The molecule has 2 aromatic carbocycles. The maximum absolute atomic E-state index is 14.2. The van der Waals surface area contributed by atoms with Crippen molar-refractivity contribution < 1.29 is 27.8 Å². The van der Waals surface area contributed by atoms with Crippen molar-refractivity contribution in [2.75, 3.05) is 0 Å². The van der Waals surface area contributed by atoms with Gasteiger partial charge in [0.2, 0.25) is 5.88 Å². The Balaban J connectivity index is 1.63. The third-order valence-corrected chi connectivity index (χ3v) is 6.79. The van der Waals surface area contributed by atoms with E-state index in [9.17, 15) is 23.6 Å². The van der Waals surface area contributed by atoms with Crippen LogP contribution < -0.4 is 4.74 Å². The molecule has 0 radical (unpaired) electrons. The van der Waals surface area contributed by atoms with E-state index in [4.69, 9.17) is 9.47 Å². The summed E-state index contributed by atoms with van der Waals surface area (Å²) in [6.45, 7) is 8.58. The Morgan fingerprint density at radius 1 is 1.05 bits per heavy atom. The number of aromatic nitrogens is 2. The fourth-order valence-electron chi connectivity index (χ4n) is 4.85. The van der Waals surface area contributed by atoms with Crippen LogP contribution in [0.2, 0.25) is 0 Å². The second-order valence-electron chi connectivity index (χ2n) is 11.3. The maximum Gasteiger partial charge on any atom is 0.306 e. The summed E-state index contributed by atoms with van der Waals surface area (Å²) in [5.41, 5.74) is 2.64. The Morgan fingerprint density at radius 2 is 1.71 bits per heavy atom. The average Bonchev–Trinajstić information content (AvgIpc) is 3.25. The van der Waals surface area contributed by atoms with E-state index >= 15 is 0 Å². The molecule has 9 heteroatoms. The van der Waals surface area contributed by atoms with Gasteiger partial charge < -0.3 is 9.47 Å². The van der Waals surface area contributed by atoms with Crippen LogP contribution in [-0.4, -0.2) is 27.0 Å². The van der Waals surface area contributed by atoms with Gasteiger partial charge in [0.1, 0.15) is 23.8 Å².